The molecule has 20 heavy (non-hydrogen) atoms. The predicted octanol–water partition coefficient (Wildman–Crippen LogP) is 3.94. The molecule has 0 aliphatic carbocycles. The maximum absolute atomic E-state index is 13.4. The van der Waals surface area contributed by atoms with Gasteiger partial charge in [0.1, 0.15) is 5.82 Å². The highest BCUT2D eigenvalue weighted by atomic mass is 32.1. The Morgan fingerprint density at radius 2 is 2.05 bits per heavy atom. The van der Waals surface area contributed by atoms with Crippen molar-refractivity contribution in [3.8, 4) is 16.9 Å². The third-order valence-electron chi connectivity index (χ3n) is 3.30. The third-order valence-corrected chi connectivity index (χ3v) is 3.97. The summed E-state index contributed by atoms with van der Waals surface area (Å²) in [7, 11) is 0. The monoisotopic (exact) mass is 287 g/mol. The van der Waals surface area contributed by atoms with Gasteiger partial charge in [0.05, 0.1) is 5.69 Å². The first-order valence-electron chi connectivity index (χ1n) is 6.22. The van der Waals surface area contributed by atoms with Crippen LogP contribution in [0.4, 0.5) is 9.52 Å². The Hall–Kier alpha value is -2.14. The van der Waals surface area contributed by atoms with Gasteiger partial charge >= 0.3 is 0 Å². The molecule has 0 unspecified atom stereocenters. The Morgan fingerprint density at radius 1 is 1.25 bits per heavy atom. The predicted molar refractivity (Wildman–Crippen MR) is 80.7 cm³/mol. The molecule has 3 aromatic rings. The molecule has 0 amide bonds. The highest BCUT2D eigenvalue weighted by Gasteiger charge is 2.14. The van der Waals surface area contributed by atoms with Gasteiger partial charge in [-0.25, -0.2) is 9.37 Å². The van der Waals surface area contributed by atoms with E-state index in [4.69, 9.17) is 5.73 Å². The summed E-state index contributed by atoms with van der Waals surface area (Å²) in [6.45, 7) is 4.00. The number of thiazole rings is 1. The summed E-state index contributed by atoms with van der Waals surface area (Å²) in [4.78, 5) is 4.32. The molecule has 0 bridgehead atoms. The summed E-state index contributed by atoms with van der Waals surface area (Å²) in [5.74, 6) is -0.241. The van der Waals surface area contributed by atoms with E-state index in [1.807, 2.05) is 29.9 Å². The fourth-order valence-corrected chi connectivity index (χ4v) is 3.01. The molecule has 102 valence electrons. The third kappa shape index (κ3) is 2.10. The first-order chi connectivity index (χ1) is 9.56. The summed E-state index contributed by atoms with van der Waals surface area (Å²) in [5.41, 5.74) is 10.5. The lowest BCUT2D eigenvalue weighted by Crippen LogP contribution is -1.99. The van der Waals surface area contributed by atoms with Gasteiger partial charge < -0.3 is 10.3 Å². The minimum Gasteiger partial charge on any atom is -0.375 e. The first-order valence-corrected chi connectivity index (χ1v) is 7.10. The standard InChI is InChI=1S/C15H14FN3S/c1-9-6-13(14-8-20-15(17)18-14)10(2)19(9)12-5-3-4-11(16)7-12/h3-8H,1-2H3,(H2,17,18). The number of rotatable bonds is 2. The van der Waals surface area contributed by atoms with E-state index in [9.17, 15) is 4.39 Å². The van der Waals surface area contributed by atoms with Crippen molar-refractivity contribution >= 4 is 16.5 Å². The van der Waals surface area contributed by atoms with Crippen molar-refractivity contribution in [2.24, 2.45) is 0 Å². The zero-order valence-corrected chi connectivity index (χ0v) is 12.0. The molecule has 2 heterocycles. The van der Waals surface area contributed by atoms with E-state index < -0.39 is 0 Å². The van der Waals surface area contributed by atoms with Gasteiger partial charge in [0, 0.05) is 28.0 Å². The number of hydrogen-bond donors (Lipinski definition) is 1. The number of nitrogens with zero attached hydrogens (tertiary/aromatic N) is 2. The van der Waals surface area contributed by atoms with Crippen molar-refractivity contribution in [1.82, 2.24) is 9.55 Å². The van der Waals surface area contributed by atoms with Gasteiger partial charge in [-0.05, 0) is 38.1 Å². The molecule has 3 nitrogen and oxygen atoms in total. The first kappa shape index (κ1) is 12.9. The van der Waals surface area contributed by atoms with Crippen LogP contribution in [0.15, 0.2) is 35.7 Å². The highest BCUT2D eigenvalue weighted by Crippen LogP contribution is 2.30. The van der Waals surface area contributed by atoms with Crippen LogP contribution in [0.1, 0.15) is 11.4 Å². The van der Waals surface area contributed by atoms with Crippen LogP contribution in [0.5, 0.6) is 0 Å². The molecule has 1 aromatic carbocycles. The number of hydrogen-bond acceptors (Lipinski definition) is 3. The minimum absolute atomic E-state index is 0.241. The largest absolute Gasteiger partial charge is 0.375 e. The minimum atomic E-state index is -0.241. The van der Waals surface area contributed by atoms with Crippen molar-refractivity contribution in [1.29, 1.82) is 0 Å². The number of halogens is 1. The molecule has 0 saturated carbocycles. The Kier molecular flexibility index (Phi) is 3.06. The van der Waals surface area contributed by atoms with Crippen molar-refractivity contribution in [3.63, 3.8) is 0 Å². The maximum Gasteiger partial charge on any atom is 0.180 e. The second-order valence-electron chi connectivity index (χ2n) is 4.67. The summed E-state index contributed by atoms with van der Waals surface area (Å²) in [5, 5.41) is 2.49. The Morgan fingerprint density at radius 3 is 2.70 bits per heavy atom. The van der Waals surface area contributed by atoms with Gasteiger partial charge in [0.2, 0.25) is 0 Å². The van der Waals surface area contributed by atoms with Crippen molar-refractivity contribution in [2.45, 2.75) is 13.8 Å². The lowest BCUT2D eigenvalue weighted by Gasteiger charge is -2.09. The van der Waals surface area contributed by atoms with Gasteiger partial charge in [-0.1, -0.05) is 6.07 Å². The molecule has 2 aromatic heterocycles. The molecule has 5 heteroatoms. The number of anilines is 1. The van der Waals surface area contributed by atoms with Gasteiger partial charge in [-0.2, -0.15) is 0 Å². The zero-order valence-electron chi connectivity index (χ0n) is 11.2. The fourth-order valence-electron chi connectivity index (χ4n) is 2.45. The average molecular weight is 287 g/mol. The van der Waals surface area contributed by atoms with E-state index in [0.717, 1.165) is 28.3 Å². The second-order valence-corrected chi connectivity index (χ2v) is 5.56. The van der Waals surface area contributed by atoms with E-state index in [-0.39, 0.29) is 5.82 Å². The van der Waals surface area contributed by atoms with Crippen LogP contribution >= 0.6 is 11.3 Å². The summed E-state index contributed by atoms with van der Waals surface area (Å²) < 4.78 is 15.4. The second kappa shape index (κ2) is 4.76. The molecule has 2 N–H and O–H groups in total. The Balaban J connectivity index is 2.16. The molecule has 0 aliphatic rings. The summed E-state index contributed by atoms with van der Waals surface area (Å²) >= 11 is 1.42. The van der Waals surface area contributed by atoms with Gasteiger partial charge in [0.15, 0.2) is 5.13 Å². The van der Waals surface area contributed by atoms with Gasteiger partial charge in [-0.15, -0.1) is 11.3 Å². The number of aryl methyl sites for hydroxylation is 1. The van der Waals surface area contributed by atoms with E-state index in [0.29, 0.717) is 5.13 Å². The number of aromatic nitrogens is 2. The molecule has 0 spiro atoms. The SMILES string of the molecule is Cc1cc(-c2csc(N)n2)c(C)n1-c1cccc(F)c1. The molecule has 0 radical (unpaired) electrons. The van der Waals surface area contributed by atoms with Crippen LogP contribution in [-0.4, -0.2) is 9.55 Å². The van der Waals surface area contributed by atoms with Crippen LogP contribution in [0.2, 0.25) is 0 Å². The van der Waals surface area contributed by atoms with Crippen LogP contribution in [0.3, 0.4) is 0 Å². The van der Waals surface area contributed by atoms with E-state index in [2.05, 4.69) is 11.1 Å². The fraction of sp³-hybridized carbons (Fsp3) is 0.133. The summed E-state index contributed by atoms with van der Waals surface area (Å²) in [6, 6.07) is 8.62. The van der Waals surface area contributed by atoms with Gasteiger partial charge in [-0.3, -0.25) is 0 Å². The molecule has 0 saturated heterocycles. The number of nitrogens with two attached hydrogens (primary N) is 1. The quantitative estimate of drug-likeness (QED) is 0.776. The van der Waals surface area contributed by atoms with Crippen LogP contribution in [-0.2, 0) is 0 Å². The number of benzene rings is 1. The van der Waals surface area contributed by atoms with Crippen LogP contribution in [0.25, 0.3) is 16.9 Å². The van der Waals surface area contributed by atoms with Crippen LogP contribution < -0.4 is 5.73 Å². The van der Waals surface area contributed by atoms with Crippen molar-refractivity contribution < 1.29 is 4.39 Å². The molecule has 0 fully saturated rings. The number of nitrogen functional groups attached to an aromatic ring is 1. The molecular formula is C15H14FN3S. The van der Waals surface area contributed by atoms with E-state index in [1.54, 1.807) is 6.07 Å². The van der Waals surface area contributed by atoms with E-state index >= 15 is 0 Å². The average Bonchev–Trinajstić information content (AvgIpc) is 2.93. The zero-order chi connectivity index (χ0) is 14.3. The van der Waals surface area contributed by atoms with Gasteiger partial charge in [0.25, 0.3) is 0 Å². The van der Waals surface area contributed by atoms with Crippen molar-refractivity contribution in [2.75, 3.05) is 5.73 Å². The highest BCUT2D eigenvalue weighted by molar-refractivity contribution is 7.13. The normalized spacial score (nSPS) is 10.9. The summed E-state index contributed by atoms with van der Waals surface area (Å²) in [6.07, 6.45) is 0. The molecule has 0 atom stereocenters. The Labute approximate surface area is 120 Å². The molecular weight excluding hydrogens is 273 g/mol. The smallest absolute Gasteiger partial charge is 0.180 e. The maximum atomic E-state index is 13.4. The molecule has 0 aliphatic heterocycles. The Bertz CT molecular complexity index is 773. The topological polar surface area (TPSA) is 43.8 Å². The van der Waals surface area contributed by atoms with E-state index in [1.165, 1.54) is 23.5 Å². The molecule has 3 rings (SSSR count). The van der Waals surface area contributed by atoms with Crippen LogP contribution in [0, 0.1) is 19.7 Å². The van der Waals surface area contributed by atoms with Crippen molar-refractivity contribution in [3.05, 3.63) is 52.9 Å². The lowest BCUT2D eigenvalue weighted by atomic mass is 10.2. The lowest BCUT2D eigenvalue weighted by molar-refractivity contribution is 0.626.